The molecule has 2 nitrogen and oxygen atoms in total. The number of aliphatic hydroxyl groups excluding tert-OH is 1. The average Bonchev–Trinajstić information content (AvgIpc) is 1.27. The standard InChI is InChI=1S/C5H8O2.Ce/c1-4(6)3-5(2)7;/h3,6H,1-2H3;/b4-3-;. The summed E-state index contributed by atoms with van der Waals surface area (Å²) < 4.78 is 0. The molecule has 0 spiro atoms. The molecular formula is C5H8CeO2. The van der Waals surface area contributed by atoms with E-state index in [9.17, 15) is 4.79 Å². The van der Waals surface area contributed by atoms with Gasteiger partial charge < -0.3 is 5.11 Å². The molecule has 0 aromatic carbocycles. The first kappa shape index (κ1) is 11.4. The second-order valence-electron chi connectivity index (χ2n) is 1.40. The van der Waals surface area contributed by atoms with E-state index in [0.29, 0.717) is 0 Å². The summed E-state index contributed by atoms with van der Waals surface area (Å²) in [5, 5.41) is 8.36. The van der Waals surface area contributed by atoms with Gasteiger partial charge in [0.05, 0.1) is 5.76 Å². The Bertz CT molecular complexity index is 103. The number of rotatable bonds is 1. The van der Waals surface area contributed by atoms with Gasteiger partial charge in [0.15, 0.2) is 5.78 Å². The van der Waals surface area contributed by atoms with Crippen LogP contribution in [0.1, 0.15) is 13.8 Å². The van der Waals surface area contributed by atoms with E-state index in [2.05, 4.69) is 0 Å². The first-order valence-corrected chi connectivity index (χ1v) is 2.01. The molecular weight excluding hydrogens is 232 g/mol. The van der Waals surface area contributed by atoms with Crippen LogP contribution in [0.5, 0.6) is 0 Å². The molecule has 0 aromatic heterocycles. The third-order valence-corrected chi connectivity index (χ3v) is 0.412. The predicted octanol–water partition coefficient (Wildman–Crippen LogP) is 1.04. The van der Waals surface area contributed by atoms with Crippen LogP contribution in [0.2, 0.25) is 0 Å². The minimum atomic E-state index is -0.125. The molecule has 3 heteroatoms. The number of carbonyl (C=O) groups excluding carboxylic acids is 1. The van der Waals surface area contributed by atoms with E-state index in [1.807, 2.05) is 0 Å². The van der Waals surface area contributed by atoms with Crippen LogP contribution < -0.4 is 0 Å². The van der Waals surface area contributed by atoms with Gasteiger partial charge in [-0.3, -0.25) is 4.79 Å². The predicted molar refractivity (Wildman–Crippen MR) is 27.1 cm³/mol. The maximum absolute atomic E-state index is 10.0. The zero-order valence-electron chi connectivity index (χ0n) is 4.93. The normalized spacial score (nSPS) is 10.0. The van der Waals surface area contributed by atoms with E-state index in [4.69, 9.17) is 5.11 Å². The van der Waals surface area contributed by atoms with Crippen molar-refractivity contribution in [2.75, 3.05) is 0 Å². The summed E-state index contributed by atoms with van der Waals surface area (Å²) in [5.41, 5.74) is 0. The zero-order valence-corrected chi connectivity index (χ0v) is 8.07. The molecule has 0 atom stereocenters. The summed E-state index contributed by atoms with van der Waals surface area (Å²) in [7, 11) is 0. The summed E-state index contributed by atoms with van der Waals surface area (Å²) in [4.78, 5) is 10.0. The molecule has 0 amide bonds. The SMILES string of the molecule is CC(=O)/C=C(/C)O.[Ce]. The first-order chi connectivity index (χ1) is 3.13. The Morgan fingerprint density at radius 3 is 1.88 bits per heavy atom. The van der Waals surface area contributed by atoms with E-state index in [-0.39, 0.29) is 53.3 Å². The summed E-state index contributed by atoms with van der Waals surface area (Å²) in [6.45, 7) is 2.85. The second kappa shape index (κ2) is 5.72. The Morgan fingerprint density at radius 1 is 1.50 bits per heavy atom. The molecule has 0 aliphatic carbocycles. The molecule has 0 rings (SSSR count). The molecule has 0 saturated carbocycles. The molecule has 0 fully saturated rings. The molecule has 0 saturated heterocycles. The smallest absolute Gasteiger partial charge is 0.155 e. The van der Waals surface area contributed by atoms with Crippen molar-refractivity contribution in [3.8, 4) is 0 Å². The van der Waals surface area contributed by atoms with E-state index < -0.39 is 0 Å². The second-order valence-corrected chi connectivity index (χ2v) is 1.40. The molecule has 1 N–H and O–H groups in total. The Labute approximate surface area is 82.3 Å². The van der Waals surface area contributed by atoms with Gasteiger partial charge in [-0.15, -0.1) is 0 Å². The topological polar surface area (TPSA) is 37.3 Å². The maximum atomic E-state index is 10.0. The summed E-state index contributed by atoms with van der Waals surface area (Å²) >= 11 is 0. The summed E-state index contributed by atoms with van der Waals surface area (Å²) in [5.74, 6) is -0.0625. The fraction of sp³-hybridized carbons (Fsp3) is 0.400. The van der Waals surface area contributed by atoms with E-state index in [1.54, 1.807) is 0 Å². The number of allylic oxidation sites excluding steroid dienone is 2. The van der Waals surface area contributed by atoms with Crippen molar-refractivity contribution in [3.63, 3.8) is 0 Å². The number of hydrogen-bond acceptors (Lipinski definition) is 2. The number of carbonyl (C=O) groups is 1. The van der Waals surface area contributed by atoms with Crippen molar-refractivity contribution < 1.29 is 51.6 Å². The first-order valence-electron chi connectivity index (χ1n) is 2.01. The monoisotopic (exact) mass is 240 g/mol. The van der Waals surface area contributed by atoms with E-state index in [1.165, 1.54) is 19.9 Å². The van der Waals surface area contributed by atoms with Crippen LogP contribution in [0.25, 0.3) is 0 Å². The van der Waals surface area contributed by atoms with Crippen molar-refractivity contribution in [3.05, 3.63) is 11.8 Å². The van der Waals surface area contributed by atoms with Gasteiger partial charge in [0.2, 0.25) is 0 Å². The van der Waals surface area contributed by atoms with Crippen LogP contribution in [-0.2, 0) is 4.79 Å². The van der Waals surface area contributed by atoms with Crippen molar-refractivity contribution in [1.82, 2.24) is 0 Å². The van der Waals surface area contributed by atoms with Gasteiger partial charge in [0.25, 0.3) is 0 Å². The quantitative estimate of drug-likeness (QED) is 0.549. The van der Waals surface area contributed by atoms with Crippen molar-refractivity contribution >= 4 is 5.78 Å². The van der Waals surface area contributed by atoms with Crippen LogP contribution >= 0.6 is 0 Å². The van der Waals surface area contributed by atoms with Crippen molar-refractivity contribution in [1.29, 1.82) is 0 Å². The third kappa shape index (κ3) is 9.77. The van der Waals surface area contributed by atoms with Crippen LogP contribution in [0, 0.1) is 41.7 Å². The summed E-state index contributed by atoms with van der Waals surface area (Å²) in [6, 6.07) is 0. The van der Waals surface area contributed by atoms with Gasteiger partial charge in [0.1, 0.15) is 0 Å². The largest absolute Gasteiger partial charge is 0.512 e. The number of ketones is 1. The van der Waals surface area contributed by atoms with Gasteiger partial charge in [-0.2, -0.15) is 0 Å². The molecule has 0 bridgehead atoms. The molecule has 0 aromatic rings. The van der Waals surface area contributed by atoms with Crippen LogP contribution in [0.15, 0.2) is 11.8 Å². The zero-order chi connectivity index (χ0) is 5.86. The Kier molecular flexibility index (Phi) is 8.14. The molecule has 8 heavy (non-hydrogen) atoms. The Hall–Kier alpha value is 0.587. The Balaban J connectivity index is 0. The minimum Gasteiger partial charge on any atom is -0.512 e. The van der Waals surface area contributed by atoms with Crippen LogP contribution in [0.4, 0.5) is 0 Å². The van der Waals surface area contributed by atoms with E-state index in [0.717, 1.165) is 0 Å². The van der Waals surface area contributed by atoms with Gasteiger partial charge in [-0.05, 0) is 13.8 Å². The van der Waals surface area contributed by atoms with Crippen LogP contribution in [-0.4, -0.2) is 10.9 Å². The molecule has 0 aliphatic heterocycles. The third-order valence-electron chi connectivity index (χ3n) is 0.412. The molecule has 44 valence electrons. The van der Waals surface area contributed by atoms with Gasteiger partial charge in [-0.1, -0.05) is 0 Å². The fourth-order valence-corrected chi connectivity index (χ4v) is 0.294. The minimum absolute atomic E-state index is 0. The molecule has 0 aliphatic rings. The van der Waals surface area contributed by atoms with Crippen LogP contribution in [0.3, 0.4) is 0 Å². The molecule has 0 heterocycles. The van der Waals surface area contributed by atoms with Gasteiger partial charge in [0, 0.05) is 47.8 Å². The maximum Gasteiger partial charge on any atom is 0.155 e. The van der Waals surface area contributed by atoms with Crippen molar-refractivity contribution in [2.45, 2.75) is 13.8 Å². The Morgan fingerprint density at radius 2 is 1.88 bits per heavy atom. The fourth-order valence-electron chi connectivity index (χ4n) is 0.294. The van der Waals surface area contributed by atoms with E-state index >= 15 is 0 Å². The van der Waals surface area contributed by atoms with Crippen molar-refractivity contribution in [2.24, 2.45) is 0 Å². The summed E-state index contributed by atoms with van der Waals surface area (Å²) in [6.07, 6.45) is 1.17. The molecule has 0 radical (unpaired) electrons. The van der Waals surface area contributed by atoms with Gasteiger partial charge >= 0.3 is 0 Å². The van der Waals surface area contributed by atoms with Gasteiger partial charge in [-0.25, -0.2) is 0 Å². The number of hydrogen-bond donors (Lipinski definition) is 1. The number of aliphatic hydroxyl groups is 1. The average molecular weight is 240 g/mol. The molecule has 0 unspecified atom stereocenters.